The lowest BCUT2D eigenvalue weighted by molar-refractivity contribution is -0.135. The average molecular weight is 318 g/mol. The fraction of sp³-hybridized carbons (Fsp3) is 0.750. The van der Waals surface area contributed by atoms with E-state index in [-0.39, 0.29) is 18.0 Å². The molecular formula is C20H30O3. The highest BCUT2D eigenvalue weighted by Gasteiger charge is 2.53. The minimum Gasteiger partial charge on any atom is -0.458 e. The molecule has 1 aliphatic heterocycles. The van der Waals surface area contributed by atoms with Crippen molar-refractivity contribution in [2.75, 3.05) is 6.61 Å². The Hall–Kier alpha value is -1.09. The number of aliphatic hydroxyl groups excluding tert-OH is 1. The van der Waals surface area contributed by atoms with Gasteiger partial charge >= 0.3 is 5.97 Å². The van der Waals surface area contributed by atoms with E-state index in [0.717, 1.165) is 12.0 Å². The summed E-state index contributed by atoms with van der Waals surface area (Å²) in [5, 5.41) is 10.6. The summed E-state index contributed by atoms with van der Waals surface area (Å²) in [7, 11) is 0. The lowest BCUT2D eigenvalue weighted by atomic mass is 9.47. The van der Waals surface area contributed by atoms with Gasteiger partial charge in [0.25, 0.3) is 0 Å². The molecule has 3 nitrogen and oxygen atoms in total. The normalized spacial score (nSPS) is 37.8. The van der Waals surface area contributed by atoms with Gasteiger partial charge < -0.3 is 9.84 Å². The molecule has 128 valence electrons. The first-order valence-corrected chi connectivity index (χ1v) is 8.97. The Kier molecular flexibility index (Phi) is 4.20. The molecule has 0 unspecified atom stereocenters. The first kappa shape index (κ1) is 16.8. The Labute approximate surface area is 139 Å². The van der Waals surface area contributed by atoms with Crippen LogP contribution in [0.2, 0.25) is 0 Å². The average Bonchev–Trinajstić information content (AvgIpc) is 2.88. The molecular weight excluding hydrogens is 288 g/mol. The van der Waals surface area contributed by atoms with Gasteiger partial charge in [0.2, 0.25) is 0 Å². The molecule has 4 atom stereocenters. The molecule has 3 aliphatic rings. The van der Waals surface area contributed by atoms with Gasteiger partial charge in [0.15, 0.2) is 0 Å². The lowest BCUT2D eigenvalue weighted by Gasteiger charge is -2.58. The van der Waals surface area contributed by atoms with E-state index in [9.17, 15) is 9.90 Å². The Morgan fingerprint density at radius 3 is 2.78 bits per heavy atom. The van der Waals surface area contributed by atoms with Crippen LogP contribution in [0.3, 0.4) is 0 Å². The van der Waals surface area contributed by atoms with Crippen molar-refractivity contribution in [1.29, 1.82) is 0 Å². The number of carbonyl (C=O) groups excluding carboxylic acids is 1. The van der Waals surface area contributed by atoms with Crippen LogP contribution in [-0.4, -0.2) is 23.8 Å². The molecule has 0 aromatic rings. The molecule has 0 aromatic heterocycles. The minimum absolute atomic E-state index is 0.210. The van der Waals surface area contributed by atoms with Gasteiger partial charge in [-0.3, -0.25) is 0 Å². The third kappa shape index (κ3) is 2.88. The van der Waals surface area contributed by atoms with Crippen molar-refractivity contribution in [3.63, 3.8) is 0 Å². The number of aliphatic hydroxyl groups is 1. The van der Waals surface area contributed by atoms with Gasteiger partial charge in [-0.05, 0) is 54.8 Å². The number of cyclic esters (lactones) is 1. The van der Waals surface area contributed by atoms with Gasteiger partial charge in [0, 0.05) is 11.6 Å². The summed E-state index contributed by atoms with van der Waals surface area (Å²) in [5.74, 6) is 0.679. The summed E-state index contributed by atoms with van der Waals surface area (Å²) >= 11 is 0. The molecule has 3 heteroatoms. The number of fused-ring (bicyclic) bond motifs is 1. The van der Waals surface area contributed by atoms with Gasteiger partial charge in [-0.25, -0.2) is 4.79 Å². The van der Waals surface area contributed by atoms with Crippen LogP contribution in [0, 0.1) is 22.7 Å². The van der Waals surface area contributed by atoms with Crippen molar-refractivity contribution < 1.29 is 14.6 Å². The smallest absolute Gasteiger partial charge is 0.331 e. The van der Waals surface area contributed by atoms with Crippen molar-refractivity contribution in [2.45, 2.75) is 65.4 Å². The maximum atomic E-state index is 11.3. The zero-order valence-corrected chi connectivity index (χ0v) is 14.7. The van der Waals surface area contributed by atoms with E-state index in [1.165, 1.54) is 37.3 Å². The molecule has 0 radical (unpaired) electrons. The van der Waals surface area contributed by atoms with Crippen LogP contribution in [0.15, 0.2) is 23.8 Å². The number of carbonyl (C=O) groups is 1. The van der Waals surface area contributed by atoms with Crippen molar-refractivity contribution >= 4 is 5.97 Å². The fourth-order valence-electron chi connectivity index (χ4n) is 5.67. The number of esters is 1. The highest BCUT2D eigenvalue weighted by atomic mass is 16.5. The van der Waals surface area contributed by atoms with Crippen LogP contribution >= 0.6 is 0 Å². The van der Waals surface area contributed by atoms with E-state index >= 15 is 0 Å². The third-order valence-corrected chi connectivity index (χ3v) is 6.89. The molecule has 0 spiro atoms. The van der Waals surface area contributed by atoms with E-state index in [1.54, 1.807) is 0 Å². The molecule has 23 heavy (non-hydrogen) atoms. The summed E-state index contributed by atoms with van der Waals surface area (Å²) in [6.45, 7) is 11.8. The highest BCUT2D eigenvalue weighted by Crippen LogP contribution is 2.61. The Morgan fingerprint density at radius 1 is 1.39 bits per heavy atom. The predicted molar refractivity (Wildman–Crippen MR) is 90.8 cm³/mol. The summed E-state index contributed by atoms with van der Waals surface area (Å²) in [6.07, 6.45) is 7.59. The van der Waals surface area contributed by atoms with Gasteiger partial charge in [-0.2, -0.15) is 0 Å². The van der Waals surface area contributed by atoms with E-state index in [4.69, 9.17) is 4.74 Å². The monoisotopic (exact) mass is 318 g/mol. The van der Waals surface area contributed by atoms with Gasteiger partial charge in [0.05, 0.1) is 6.10 Å². The van der Waals surface area contributed by atoms with Gasteiger partial charge in [-0.1, -0.05) is 39.3 Å². The van der Waals surface area contributed by atoms with Crippen LogP contribution in [0.1, 0.15) is 59.3 Å². The highest BCUT2D eigenvalue weighted by molar-refractivity contribution is 5.85. The summed E-state index contributed by atoms with van der Waals surface area (Å²) < 4.78 is 4.95. The van der Waals surface area contributed by atoms with E-state index < -0.39 is 6.10 Å². The molecule has 2 aliphatic carbocycles. The summed E-state index contributed by atoms with van der Waals surface area (Å²) in [5.41, 5.74) is 2.58. The second-order valence-corrected chi connectivity index (χ2v) is 8.73. The molecule has 0 aromatic carbocycles. The standard InChI is InChI=1S/C20H30O3/c1-13-6-7-17-19(2,3)8-5-9-20(17,4)15(13)11-16(21)14-10-18(22)23-12-14/h10,15-17,21H,1,5-9,11-12H2,2-4H3/t15-,16+,17-,20+/m1/s1. The van der Waals surface area contributed by atoms with Crippen molar-refractivity contribution in [1.82, 2.24) is 0 Å². The summed E-state index contributed by atoms with van der Waals surface area (Å²) in [4.78, 5) is 11.3. The molecule has 0 bridgehead atoms. The van der Waals surface area contributed by atoms with Crippen LogP contribution in [0.25, 0.3) is 0 Å². The second kappa shape index (κ2) is 5.77. The first-order valence-electron chi connectivity index (χ1n) is 8.97. The minimum atomic E-state index is -0.594. The second-order valence-electron chi connectivity index (χ2n) is 8.73. The predicted octanol–water partition coefficient (Wildman–Crippen LogP) is 4.02. The number of allylic oxidation sites excluding steroid dienone is 1. The molecule has 1 N–H and O–H groups in total. The van der Waals surface area contributed by atoms with Crippen LogP contribution in [0.4, 0.5) is 0 Å². The van der Waals surface area contributed by atoms with E-state index in [2.05, 4.69) is 27.4 Å². The Balaban J connectivity index is 1.83. The summed E-state index contributed by atoms with van der Waals surface area (Å²) in [6, 6.07) is 0. The first-order chi connectivity index (χ1) is 10.7. The topological polar surface area (TPSA) is 46.5 Å². The SMILES string of the molecule is C=C1CC[C@@H]2C(C)(C)CCC[C@@]2(C)[C@@H]1C[C@H](O)C1=CC(=O)OC1. The maximum Gasteiger partial charge on any atom is 0.331 e. The number of hydrogen-bond acceptors (Lipinski definition) is 3. The van der Waals surface area contributed by atoms with E-state index in [1.807, 2.05) is 0 Å². The number of rotatable bonds is 3. The van der Waals surface area contributed by atoms with Gasteiger partial charge in [0.1, 0.15) is 6.61 Å². The van der Waals surface area contributed by atoms with Gasteiger partial charge in [-0.15, -0.1) is 0 Å². The van der Waals surface area contributed by atoms with Crippen LogP contribution in [-0.2, 0) is 9.53 Å². The third-order valence-electron chi connectivity index (χ3n) is 6.89. The molecule has 3 rings (SSSR count). The zero-order valence-electron chi connectivity index (χ0n) is 14.7. The van der Waals surface area contributed by atoms with Crippen molar-refractivity contribution in [2.24, 2.45) is 22.7 Å². The quantitative estimate of drug-likeness (QED) is 0.631. The molecule has 1 heterocycles. The number of ether oxygens (including phenoxy) is 1. The van der Waals surface area contributed by atoms with Crippen LogP contribution in [0.5, 0.6) is 0 Å². The fourth-order valence-corrected chi connectivity index (χ4v) is 5.67. The Bertz CT molecular complexity index is 545. The maximum absolute atomic E-state index is 11.3. The molecule has 2 fully saturated rings. The van der Waals surface area contributed by atoms with Crippen LogP contribution < -0.4 is 0 Å². The molecule has 0 amide bonds. The van der Waals surface area contributed by atoms with Crippen molar-refractivity contribution in [3.8, 4) is 0 Å². The van der Waals surface area contributed by atoms with E-state index in [0.29, 0.717) is 23.7 Å². The Morgan fingerprint density at radius 2 is 2.13 bits per heavy atom. The lowest BCUT2D eigenvalue weighted by Crippen LogP contribution is -2.50. The molecule has 0 saturated heterocycles. The number of hydrogen-bond donors (Lipinski definition) is 1. The van der Waals surface area contributed by atoms with Crippen molar-refractivity contribution in [3.05, 3.63) is 23.8 Å². The molecule has 2 saturated carbocycles. The largest absolute Gasteiger partial charge is 0.458 e. The zero-order chi connectivity index (χ0) is 16.8.